The fourth-order valence-electron chi connectivity index (χ4n) is 3.15. The van der Waals surface area contributed by atoms with E-state index in [1.54, 1.807) is 36.4 Å². The quantitative estimate of drug-likeness (QED) is 0.427. The summed E-state index contributed by atoms with van der Waals surface area (Å²) in [5.74, 6) is -1.72. The van der Waals surface area contributed by atoms with Gasteiger partial charge in [0.2, 0.25) is 11.8 Å². The monoisotopic (exact) mass is 432 g/mol. The van der Waals surface area contributed by atoms with Crippen LogP contribution in [0.15, 0.2) is 89.6 Å². The second-order valence-electron chi connectivity index (χ2n) is 7.19. The molecule has 0 aliphatic heterocycles. The molecule has 7 nitrogen and oxygen atoms in total. The molecule has 3 rings (SSSR count). The van der Waals surface area contributed by atoms with Crippen LogP contribution in [0.2, 0.25) is 0 Å². The number of hydrogen-bond acceptors (Lipinski definition) is 4. The molecule has 0 fully saturated rings. The number of carboxylic acid groups (broad SMARTS) is 1. The molecule has 1 heterocycles. The van der Waals surface area contributed by atoms with Crippen LogP contribution in [0, 0.1) is 0 Å². The third kappa shape index (κ3) is 6.98. The van der Waals surface area contributed by atoms with E-state index in [4.69, 9.17) is 4.42 Å². The molecule has 3 aromatic rings. The molecule has 0 spiro atoms. The highest BCUT2D eigenvalue weighted by atomic mass is 16.4. The maximum atomic E-state index is 13.0. The van der Waals surface area contributed by atoms with Crippen LogP contribution in [0.25, 0.3) is 6.08 Å². The zero-order chi connectivity index (χ0) is 22.8. The minimum Gasteiger partial charge on any atom is -0.480 e. The van der Waals surface area contributed by atoms with E-state index >= 15 is 0 Å². The summed E-state index contributed by atoms with van der Waals surface area (Å²) < 4.78 is 5.16. The van der Waals surface area contributed by atoms with Crippen LogP contribution in [0.1, 0.15) is 16.9 Å². The molecule has 2 aromatic carbocycles. The molecule has 7 heteroatoms. The molecular formula is C25H24N2O5. The van der Waals surface area contributed by atoms with Crippen molar-refractivity contribution >= 4 is 23.9 Å². The average Bonchev–Trinajstić information content (AvgIpc) is 3.32. The number of carboxylic acids is 1. The van der Waals surface area contributed by atoms with Gasteiger partial charge in [0, 0.05) is 18.9 Å². The number of carbonyl (C=O) groups is 3. The van der Waals surface area contributed by atoms with E-state index in [1.165, 1.54) is 18.4 Å². The van der Waals surface area contributed by atoms with Crippen molar-refractivity contribution in [3.63, 3.8) is 0 Å². The van der Waals surface area contributed by atoms with Crippen molar-refractivity contribution in [1.82, 2.24) is 10.6 Å². The summed E-state index contributed by atoms with van der Waals surface area (Å²) in [6.45, 7) is 0. The molecule has 0 saturated carbocycles. The van der Waals surface area contributed by atoms with E-state index in [9.17, 15) is 19.5 Å². The Bertz CT molecular complexity index is 1050. The zero-order valence-electron chi connectivity index (χ0n) is 17.3. The average molecular weight is 432 g/mol. The van der Waals surface area contributed by atoms with Crippen LogP contribution >= 0.6 is 0 Å². The van der Waals surface area contributed by atoms with E-state index in [-0.39, 0.29) is 12.8 Å². The summed E-state index contributed by atoms with van der Waals surface area (Å²) in [5.41, 5.74) is 1.61. The van der Waals surface area contributed by atoms with Gasteiger partial charge in [-0.3, -0.25) is 9.59 Å². The predicted octanol–water partition coefficient (Wildman–Crippen LogP) is 2.83. The third-order valence-corrected chi connectivity index (χ3v) is 4.76. The molecule has 0 aliphatic carbocycles. The van der Waals surface area contributed by atoms with Crippen molar-refractivity contribution in [3.8, 4) is 0 Å². The van der Waals surface area contributed by atoms with Gasteiger partial charge in [0.05, 0.1) is 6.26 Å². The second-order valence-corrected chi connectivity index (χ2v) is 7.19. The largest absolute Gasteiger partial charge is 0.480 e. The lowest BCUT2D eigenvalue weighted by atomic mass is 10.0. The van der Waals surface area contributed by atoms with E-state index in [2.05, 4.69) is 10.6 Å². The topological polar surface area (TPSA) is 109 Å². The highest BCUT2D eigenvalue weighted by Crippen LogP contribution is 2.08. The Kier molecular flexibility index (Phi) is 7.97. The Balaban J connectivity index is 1.72. The van der Waals surface area contributed by atoms with Crippen LogP contribution in [0.5, 0.6) is 0 Å². The standard InChI is InChI=1S/C25H24N2O5/c28-23(14-13-20-12-7-15-32-20)26-21(16-18-8-3-1-4-9-18)24(29)27-22(25(30)31)17-19-10-5-2-6-11-19/h1-15,21-22H,16-17H2,(H,26,28)(H,27,29)(H,30,31)/b14-13-/t21-,22-/m1/s1. The fraction of sp³-hybridized carbons (Fsp3) is 0.160. The molecule has 2 atom stereocenters. The van der Waals surface area contributed by atoms with E-state index < -0.39 is 29.9 Å². The molecule has 0 saturated heterocycles. The molecule has 2 amide bonds. The SMILES string of the molecule is O=C(/C=C\c1ccco1)N[C@H](Cc1ccccc1)C(=O)N[C@H](Cc1ccccc1)C(=O)O. The summed E-state index contributed by atoms with van der Waals surface area (Å²) in [6.07, 6.45) is 4.59. The number of furan rings is 1. The van der Waals surface area contributed by atoms with Crippen LogP contribution < -0.4 is 10.6 Å². The first-order valence-electron chi connectivity index (χ1n) is 10.1. The number of nitrogens with one attached hydrogen (secondary N) is 2. The molecule has 0 radical (unpaired) electrons. The predicted molar refractivity (Wildman–Crippen MR) is 120 cm³/mol. The van der Waals surface area contributed by atoms with Gasteiger partial charge in [-0.25, -0.2) is 4.79 Å². The summed E-state index contributed by atoms with van der Waals surface area (Å²) >= 11 is 0. The Morgan fingerprint density at radius 1 is 0.812 bits per heavy atom. The van der Waals surface area contributed by atoms with Gasteiger partial charge in [-0.05, 0) is 29.3 Å². The van der Waals surface area contributed by atoms with Gasteiger partial charge in [0.1, 0.15) is 17.8 Å². The number of benzene rings is 2. The molecule has 3 N–H and O–H groups in total. The van der Waals surface area contributed by atoms with Gasteiger partial charge >= 0.3 is 5.97 Å². The number of amides is 2. The van der Waals surface area contributed by atoms with E-state index in [0.29, 0.717) is 5.76 Å². The summed E-state index contributed by atoms with van der Waals surface area (Å²) in [6, 6.07) is 19.5. The van der Waals surface area contributed by atoms with Gasteiger partial charge in [0.15, 0.2) is 0 Å². The second kappa shape index (κ2) is 11.3. The maximum Gasteiger partial charge on any atom is 0.326 e. The Labute approximate surface area is 185 Å². The zero-order valence-corrected chi connectivity index (χ0v) is 17.3. The Morgan fingerprint density at radius 3 is 1.94 bits per heavy atom. The van der Waals surface area contributed by atoms with Crippen molar-refractivity contribution in [1.29, 1.82) is 0 Å². The van der Waals surface area contributed by atoms with Crippen LogP contribution in [0.4, 0.5) is 0 Å². The van der Waals surface area contributed by atoms with E-state index in [0.717, 1.165) is 11.1 Å². The highest BCUT2D eigenvalue weighted by Gasteiger charge is 2.26. The number of aliphatic carboxylic acids is 1. The summed E-state index contributed by atoms with van der Waals surface area (Å²) in [5, 5.41) is 14.8. The molecular weight excluding hydrogens is 408 g/mol. The first-order chi connectivity index (χ1) is 15.5. The molecule has 1 aromatic heterocycles. The number of carbonyl (C=O) groups excluding carboxylic acids is 2. The minimum atomic E-state index is -1.15. The van der Waals surface area contributed by atoms with Crippen molar-refractivity contribution < 1.29 is 23.9 Å². The minimum absolute atomic E-state index is 0.131. The Hall–Kier alpha value is -4.13. The van der Waals surface area contributed by atoms with Gasteiger partial charge < -0.3 is 20.2 Å². The fourth-order valence-corrected chi connectivity index (χ4v) is 3.15. The molecule has 0 aliphatic rings. The highest BCUT2D eigenvalue weighted by molar-refractivity contribution is 5.96. The van der Waals surface area contributed by atoms with Gasteiger partial charge in [-0.1, -0.05) is 60.7 Å². The smallest absolute Gasteiger partial charge is 0.326 e. The third-order valence-electron chi connectivity index (χ3n) is 4.76. The van der Waals surface area contributed by atoms with Crippen LogP contribution in [-0.2, 0) is 27.2 Å². The van der Waals surface area contributed by atoms with Crippen LogP contribution in [0.3, 0.4) is 0 Å². The lowest BCUT2D eigenvalue weighted by molar-refractivity contribution is -0.142. The number of rotatable bonds is 10. The maximum absolute atomic E-state index is 13.0. The summed E-state index contributed by atoms with van der Waals surface area (Å²) in [4.78, 5) is 37.2. The van der Waals surface area contributed by atoms with Crippen molar-refractivity contribution in [2.24, 2.45) is 0 Å². The molecule has 32 heavy (non-hydrogen) atoms. The molecule has 0 unspecified atom stereocenters. The van der Waals surface area contributed by atoms with Gasteiger partial charge in [-0.2, -0.15) is 0 Å². The van der Waals surface area contributed by atoms with Crippen molar-refractivity contribution in [2.75, 3.05) is 0 Å². The lowest BCUT2D eigenvalue weighted by Crippen LogP contribution is -2.52. The van der Waals surface area contributed by atoms with Gasteiger partial charge in [-0.15, -0.1) is 0 Å². The van der Waals surface area contributed by atoms with Crippen LogP contribution in [-0.4, -0.2) is 35.0 Å². The van der Waals surface area contributed by atoms with Crippen molar-refractivity contribution in [2.45, 2.75) is 24.9 Å². The Morgan fingerprint density at radius 2 is 1.41 bits per heavy atom. The van der Waals surface area contributed by atoms with E-state index in [1.807, 2.05) is 36.4 Å². The summed E-state index contributed by atoms with van der Waals surface area (Å²) in [7, 11) is 0. The lowest BCUT2D eigenvalue weighted by Gasteiger charge is -2.21. The van der Waals surface area contributed by atoms with Gasteiger partial charge in [0.25, 0.3) is 0 Å². The number of hydrogen-bond donors (Lipinski definition) is 3. The van der Waals surface area contributed by atoms with Crippen molar-refractivity contribution in [3.05, 3.63) is 102 Å². The molecule has 0 bridgehead atoms. The molecule has 164 valence electrons. The first kappa shape index (κ1) is 22.6. The first-order valence-corrected chi connectivity index (χ1v) is 10.1. The normalized spacial score (nSPS) is 12.8.